The minimum Gasteiger partial charge on any atom is -0.349 e. The molecule has 5 heteroatoms. The molecule has 0 unspecified atom stereocenters. The van der Waals surface area contributed by atoms with Crippen molar-refractivity contribution in [2.24, 2.45) is 5.73 Å². The molecule has 1 aromatic rings. The summed E-state index contributed by atoms with van der Waals surface area (Å²) in [7, 11) is 0. The predicted octanol–water partition coefficient (Wildman–Crippen LogP) is 1.99. The molecule has 0 atom stereocenters. The third kappa shape index (κ3) is 3.91. The van der Waals surface area contributed by atoms with E-state index in [-0.39, 0.29) is 17.4 Å². The van der Waals surface area contributed by atoms with Crippen LogP contribution in [0.4, 0.5) is 5.69 Å². The summed E-state index contributed by atoms with van der Waals surface area (Å²) in [6, 6.07) is 7.91. The maximum atomic E-state index is 12.3. The van der Waals surface area contributed by atoms with E-state index in [4.69, 9.17) is 5.73 Å². The van der Waals surface area contributed by atoms with Crippen LogP contribution in [0.2, 0.25) is 0 Å². The van der Waals surface area contributed by atoms with Gasteiger partial charge in [0.1, 0.15) is 0 Å². The molecule has 0 saturated heterocycles. The number of nitrogens with one attached hydrogen (secondary N) is 1. The van der Waals surface area contributed by atoms with Crippen LogP contribution in [0.15, 0.2) is 24.3 Å². The third-order valence-corrected chi connectivity index (χ3v) is 4.90. The number of carbonyl (C=O) groups excluding carboxylic acids is 2. The molecule has 1 aliphatic rings. The first-order valence-corrected chi connectivity index (χ1v) is 8.44. The zero-order valence-corrected chi connectivity index (χ0v) is 14.1. The first-order chi connectivity index (χ1) is 11.0. The SMILES string of the molecule is CCC(CC)(CN)NC(=O)CCN1C(=O)CCc2ccccc21. The fourth-order valence-corrected chi connectivity index (χ4v) is 3.08. The van der Waals surface area contributed by atoms with Crippen molar-refractivity contribution in [1.82, 2.24) is 5.32 Å². The molecule has 1 aromatic carbocycles. The Hall–Kier alpha value is -1.88. The molecule has 23 heavy (non-hydrogen) atoms. The largest absolute Gasteiger partial charge is 0.349 e. The first-order valence-electron chi connectivity index (χ1n) is 8.44. The Morgan fingerprint density at radius 2 is 1.96 bits per heavy atom. The number of aryl methyl sites for hydroxylation is 1. The second kappa shape index (κ2) is 7.59. The monoisotopic (exact) mass is 317 g/mol. The summed E-state index contributed by atoms with van der Waals surface area (Å²) < 4.78 is 0. The summed E-state index contributed by atoms with van der Waals surface area (Å²) >= 11 is 0. The highest BCUT2D eigenvalue weighted by Crippen LogP contribution is 2.27. The number of hydrogen-bond donors (Lipinski definition) is 2. The fourth-order valence-electron chi connectivity index (χ4n) is 3.08. The minimum atomic E-state index is -0.332. The number of benzene rings is 1. The molecule has 1 aliphatic heterocycles. The predicted molar refractivity (Wildman–Crippen MR) is 92.2 cm³/mol. The van der Waals surface area contributed by atoms with E-state index in [0.717, 1.165) is 24.9 Å². The second-order valence-corrected chi connectivity index (χ2v) is 6.16. The van der Waals surface area contributed by atoms with Crippen molar-refractivity contribution in [3.63, 3.8) is 0 Å². The van der Waals surface area contributed by atoms with Gasteiger partial charge in [0.15, 0.2) is 0 Å². The number of rotatable bonds is 7. The smallest absolute Gasteiger partial charge is 0.227 e. The summed E-state index contributed by atoms with van der Waals surface area (Å²) in [5, 5.41) is 3.06. The summed E-state index contributed by atoms with van der Waals surface area (Å²) in [5.41, 5.74) is 7.60. The molecule has 0 aliphatic carbocycles. The quantitative estimate of drug-likeness (QED) is 0.807. The number of anilines is 1. The Labute approximate surface area is 138 Å². The highest BCUT2D eigenvalue weighted by molar-refractivity contribution is 5.97. The highest BCUT2D eigenvalue weighted by atomic mass is 16.2. The van der Waals surface area contributed by atoms with Crippen LogP contribution < -0.4 is 16.0 Å². The molecule has 2 rings (SSSR count). The Balaban J connectivity index is 2.00. The normalized spacial score (nSPS) is 14.6. The van der Waals surface area contributed by atoms with E-state index in [2.05, 4.69) is 5.32 Å². The molecular formula is C18H27N3O2. The van der Waals surface area contributed by atoms with Gasteiger partial charge < -0.3 is 16.0 Å². The average molecular weight is 317 g/mol. The lowest BCUT2D eigenvalue weighted by Crippen LogP contribution is -2.53. The van der Waals surface area contributed by atoms with Crippen molar-refractivity contribution in [2.75, 3.05) is 18.0 Å². The molecule has 0 fully saturated rings. The number of carbonyl (C=O) groups is 2. The fraction of sp³-hybridized carbons (Fsp3) is 0.556. The Kier molecular flexibility index (Phi) is 5.77. The van der Waals surface area contributed by atoms with E-state index in [1.165, 1.54) is 5.56 Å². The third-order valence-electron chi connectivity index (χ3n) is 4.90. The summed E-state index contributed by atoms with van der Waals surface area (Å²) in [6.07, 6.45) is 3.19. The van der Waals surface area contributed by atoms with E-state index < -0.39 is 0 Å². The van der Waals surface area contributed by atoms with Crippen LogP contribution in [0.3, 0.4) is 0 Å². The molecule has 0 bridgehead atoms. The van der Waals surface area contributed by atoms with Crippen LogP contribution in [0.1, 0.15) is 45.1 Å². The number of hydrogen-bond acceptors (Lipinski definition) is 3. The summed E-state index contributed by atoms with van der Waals surface area (Å²) in [5.74, 6) is 0.0441. The summed E-state index contributed by atoms with van der Waals surface area (Å²) in [4.78, 5) is 26.2. The molecule has 126 valence electrons. The number of nitrogens with two attached hydrogens (primary N) is 1. The second-order valence-electron chi connectivity index (χ2n) is 6.16. The van der Waals surface area contributed by atoms with Gasteiger partial charge in [0.2, 0.25) is 11.8 Å². The topological polar surface area (TPSA) is 75.4 Å². The van der Waals surface area contributed by atoms with E-state index in [0.29, 0.717) is 25.9 Å². The molecule has 1 heterocycles. The molecule has 2 amide bonds. The van der Waals surface area contributed by atoms with Crippen molar-refractivity contribution < 1.29 is 9.59 Å². The molecule has 5 nitrogen and oxygen atoms in total. The van der Waals surface area contributed by atoms with E-state index >= 15 is 0 Å². The van der Waals surface area contributed by atoms with Gasteiger partial charge in [-0.25, -0.2) is 0 Å². The van der Waals surface area contributed by atoms with Crippen molar-refractivity contribution in [3.05, 3.63) is 29.8 Å². The molecule has 3 N–H and O–H groups in total. The molecule has 0 saturated carbocycles. The van der Waals surface area contributed by atoms with Crippen molar-refractivity contribution in [3.8, 4) is 0 Å². The molecule has 0 aromatic heterocycles. The van der Waals surface area contributed by atoms with Crippen LogP contribution >= 0.6 is 0 Å². The van der Waals surface area contributed by atoms with E-state index in [1.54, 1.807) is 4.90 Å². The first kappa shape index (κ1) is 17.5. The number of amides is 2. The number of para-hydroxylation sites is 1. The zero-order chi connectivity index (χ0) is 16.9. The average Bonchev–Trinajstić information content (AvgIpc) is 2.59. The standard InChI is InChI=1S/C18H27N3O2/c1-3-18(4-2,13-19)20-16(22)11-12-21-15-8-6-5-7-14(15)9-10-17(21)23/h5-8H,3-4,9-13,19H2,1-2H3,(H,20,22). The van der Waals surface area contributed by atoms with Gasteiger partial charge in [-0.05, 0) is 30.9 Å². The lowest BCUT2D eigenvalue weighted by molar-refractivity contribution is -0.123. The van der Waals surface area contributed by atoms with Crippen molar-refractivity contribution >= 4 is 17.5 Å². The maximum absolute atomic E-state index is 12.3. The number of fused-ring (bicyclic) bond motifs is 1. The van der Waals surface area contributed by atoms with E-state index in [1.807, 2.05) is 38.1 Å². The maximum Gasteiger partial charge on any atom is 0.227 e. The lowest BCUT2D eigenvalue weighted by atomic mass is 9.92. The molecule has 0 spiro atoms. The van der Waals surface area contributed by atoms with Gasteiger partial charge in [-0.1, -0.05) is 32.0 Å². The number of nitrogens with zero attached hydrogens (tertiary/aromatic N) is 1. The lowest BCUT2D eigenvalue weighted by Gasteiger charge is -2.33. The van der Waals surface area contributed by atoms with Gasteiger partial charge in [0.25, 0.3) is 0 Å². The van der Waals surface area contributed by atoms with E-state index in [9.17, 15) is 9.59 Å². The highest BCUT2D eigenvalue weighted by Gasteiger charge is 2.28. The Morgan fingerprint density at radius 3 is 2.61 bits per heavy atom. The van der Waals surface area contributed by atoms with Gasteiger partial charge >= 0.3 is 0 Å². The Bertz CT molecular complexity index is 559. The van der Waals surface area contributed by atoms with Crippen LogP contribution in [0.5, 0.6) is 0 Å². The molecular weight excluding hydrogens is 290 g/mol. The van der Waals surface area contributed by atoms with Crippen molar-refractivity contribution in [2.45, 2.75) is 51.5 Å². The van der Waals surface area contributed by atoms with Crippen LogP contribution in [0.25, 0.3) is 0 Å². The van der Waals surface area contributed by atoms with Crippen LogP contribution in [0, 0.1) is 0 Å². The zero-order valence-electron chi connectivity index (χ0n) is 14.1. The van der Waals surface area contributed by atoms with Crippen molar-refractivity contribution in [1.29, 1.82) is 0 Å². The van der Waals surface area contributed by atoms with Crippen LogP contribution in [-0.4, -0.2) is 30.4 Å². The van der Waals surface area contributed by atoms with Gasteiger partial charge in [0.05, 0.1) is 5.54 Å². The van der Waals surface area contributed by atoms with Gasteiger partial charge in [-0.15, -0.1) is 0 Å². The van der Waals surface area contributed by atoms with Gasteiger partial charge in [-0.3, -0.25) is 9.59 Å². The van der Waals surface area contributed by atoms with Crippen LogP contribution in [-0.2, 0) is 16.0 Å². The van der Waals surface area contributed by atoms with Gasteiger partial charge in [0, 0.05) is 31.6 Å². The Morgan fingerprint density at radius 1 is 1.26 bits per heavy atom. The minimum absolute atomic E-state index is 0.0463. The van der Waals surface area contributed by atoms with Gasteiger partial charge in [-0.2, -0.15) is 0 Å². The molecule has 0 radical (unpaired) electrons. The summed E-state index contributed by atoms with van der Waals surface area (Å²) in [6.45, 7) is 4.90.